The molecule has 4 heteroatoms. The molecular formula is C18H24N2O2. The number of rotatable bonds is 4. The summed E-state index contributed by atoms with van der Waals surface area (Å²) in [5, 5.41) is 6.03. The van der Waals surface area contributed by atoms with E-state index in [0.717, 1.165) is 25.7 Å². The summed E-state index contributed by atoms with van der Waals surface area (Å²) in [6.07, 6.45) is 9.05. The molecule has 0 saturated heterocycles. The fourth-order valence-corrected chi connectivity index (χ4v) is 3.02. The van der Waals surface area contributed by atoms with Gasteiger partial charge in [-0.25, -0.2) is 0 Å². The number of hydrogen-bond donors (Lipinski definition) is 2. The summed E-state index contributed by atoms with van der Waals surface area (Å²) in [6, 6.07) is 7.53. The molecule has 118 valence electrons. The first-order valence-corrected chi connectivity index (χ1v) is 8.44. The number of carbonyl (C=O) groups excluding carboxylic acids is 2. The second-order valence-electron chi connectivity index (χ2n) is 6.51. The Bertz CT molecular complexity index is 544. The Balaban J connectivity index is 1.60. The van der Waals surface area contributed by atoms with Gasteiger partial charge in [0.2, 0.25) is 5.91 Å². The van der Waals surface area contributed by atoms with Crippen LogP contribution >= 0.6 is 0 Å². The first-order chi connectivity index (χ1) is 10.7. The van der Waals surface area contributed by atoms with E-state index in [9.17, 15) is 9.59 Å². The maximum absolute atomic E-state index is 12.4. The monoisotopic (exact) mass is 300 g/mol. The van der Waals surface area contributed by atoms with Crippen molar-refractivity contribution in [3.63, 3.8) is 0 Å². The van der Waals surface area contributed by atoms with E-state index in [1.165, 1.54) is 25.7 Å². The van der Waals surface area contributed by atoms with Gasteiger partial charge in [0.1, 0.15) is 0 Å². The molecule has 1 aromatic rings. The zero-order valence-corrected chi connectivity index (χ0v) is 12.9. The van der Waals surface area contributed by atoms with Gasteiger partial charge >= 0.3 is 0 Å². The van der Waals surface area contributed by atoms with E-state index in [2.05, 4.69) is 10.6 Å². The summed E-state index contributed by atoms with van der Waals surface area (Å²) in [5.74, 6) is 0.208. The number of carbonyl (C=O) groups is 2. The van der Waals surface area contributed by atoms with Crippen LogP contribution in [0.25, 0.3) is 0 Å². The SMILES string of the molecule is O=C(NC1CCCCCC1)c1cccc(NC(=O)C2CC2)c1. The van der Waals surface area contributed by atoms with Gasteiger partial charge in [-0.05, 0) is 43.9 Å². The van der Waals surface area contributed by atoms with Crippen molar-refractivity contribution in [2.45, 2.75) is 57.4 Å². The van der Waals surface area contributed by atoms with Crippen molar-refractivity contribution in [2.75, 3.05) is 5.32 Å². The van der Waals surface area contributed by atoms with E-state index in [4.69, 9.17) is 0 Å². The lowest BCUT2D eigenvalue weighted by Crippen LogP contribution is -2.34. The molecule has 22 heavy (non-hydrogen) atoms. The van der Waals surface area contributed by atoms with Crippen molar-refractivity contribution < 1.29 is 9.59 Å². The Morgan fingerprint density at radius 1 is 0.955 bits per heavy atom. The van der Waals surface area contributed by atoms with E-state index < -0.39 is 0 Å². The van der Waals surface area contributed by atoms with E-state index in [0.29, 0.717) is 17.3 Å². The summed E-state index contributed by atoms with van der Waals surface area (Å²) >= 11 is 0. The molecular weight excluding hydrogens is 276 g/mol. The maximum atomic E-state index is 12.4. The van der Waals surface area contributed by atoms with Gasteiger partial charge in [-0.15, -0.1) is 0 Å². The zero-order valence-electron chi connectivity index (χ0n) is 12.9. The third kappa shape index (κ3) is 4.09. The van der Waals surface area contributed by atoms with Gasteiger partial charge in [-0.2, -0.15) is 0 Å². The molecule has 1 aromatic carbocycles. The standard InChI is InChI=1S/C18H24N2O2/c21-17(13-10-11-13)20-16-9-5-6-14(12-16)18(22)19-15-7-3-1-2-4-8-15/h5-6,9,12-13,15H,1-4,7-8,10-11H2,(H,19,22)(H,20,21). The molecule has 2 saturated carbocycles. The molecule has 2 fully saturated rings. The minimum absolute atomic E-state index is 0.0329. The van der Waals surface area contributed by atoms with Crippen LogP contribution in [0.4, 0.5) is 5.69 Å². The predicted molar refractivity (Wildman–Crippen MR) is 86.8 cm³/mol. The molecule has 3 rings (SSSR count). The number of hydrogen-bond acceptors (Lipinski definition) is 2. The Hall–Kier alpha value is -1.84. The van der Waals surface area contributed by atoms with Gasteiger partial charge in [0, 0.05) is 23.2 Å². The highest BCUT2D eigenvalue weighted by atomic mass is 16.2. The second-order valence-corrected chi connectivity index (χ2v) is 6.51. The summed E-state index contributed by atoms with van der Waals surface area (Å²) in [6.45, 7) is 0. The molecule has 0 spiro atoms. The number of nitrogens with one attached hydrogen (secondary N) is 2. The van der Waals surface area contributed by atoms with Gasteiger partial charge in [-0.3, -0.25) is 9.59 Å². The zero-order chi connectivity index (χ0) is 15.4. The van der Waals surface area contributed by atoms with Crippen LogP contribution in [0, 0.1) is 5.92 Å². The van der Waals surface area contributed by atoms with E-state index >= 15 is 0 Å². The molecule has 0 aliphatic heterocycles. The molecule has 0 aromatic heterocycles. The number of amides is 2. The lowest BCUT2D eigenvalue weighted by atomic mass is 10.1. The van der Waals surface area contributed by atoms with Crippen LogP contribution in [-0.2, 0) is 4.79 Å². The van der Waals surface area contributed by atoms with Crippen molar-refractivity contribution in [1.29, 1.82) is 0 Å². The molecule has 2 aliphatic carbocycles. The van der Waals surface area contributed by atoms with Gasteiger partial charge in [0.05, 0.1) is 0 Å². The Morgan fingerprint density at radius 3 is 2.36 bits per heavy atom. The molecule has 0 bridgehead atoms. The van der Waals surface area contributed by atoms with Crippen molar-refractivity contribution in [3.8, 4) is 0 Å². The topological polar surface area (TPSA) is 58.2 Å². The van der Waals surface area contributed by atoms with Crippen molar-refractivity contribution in [2.24, 2.45) is 5.92 Å². The van der Waals surface area contributed by atoms with Crippen LogP contribution in [0.3, 0.4) is 0 Å². The highest BCUT2D eigenvalue weighted by molar-refractivity contribution is 5.98. The van der Waals surface area contributed by atoms with E-state index in [-0.39, 0.29) is 17.7 Å². The van der Waals surface area contributed by atoms with Crippen LogP contribution in [0.2, 0.25) is 0 Å². The molecule has 2 aliphatic rings. The Morgan fingerprint density at radius 2 is 1.68 bits per heavy atom. The fourth-order valence-electron chi connectivity index (χ4n) is 3.02. The quantitative estimate of drug-likeness (QED) is 0.836. The van der Waals surface area contributed by atoms with Crippen molar-refractivity contribution >= 4 is 17.5 Å². The van der Waals surface area contributed by atoms with Gasteiger partial charge in [0.25, 0.3) is 5.91 Å². The molecule has 0 radical (unpaired) electrons. The normalized spacial score (nSPS) is 19.3. The molecule has 4 nitrogen and oxygen atoms in total. The largest absolute Gasteiger partial charge is 0.349 e. The van der Waals surface area contributed by atoms with Crippen LogP contribution in [-0.4, -0.2) is 17.9 Å². The van der Waals surface area contributed by atoms with Crippen molar-refractivity contribution in [3.05, 3.63) is 29.8 Å². The molecule has 0 unspecified atom stereocenters. The summed E-state index contributed by atoms with van der Waals surface area (Å²) in [4.78, 5) is 24.2. The summed E-state index contributed by atoms with van der Waals surface area (Å²) in [7, 11) is 0. The molecule has 2 N–H and O–H groups in total. The van der Waals surface area contributed by atoms with Crippen molar-refractivity contribution in [1.82, 2.24) is 5.32 Å². The van der Waals surface area contributed by atoms with Crippen LogP contribution in [0.15, 0.2) is 24.3 Å². The predicted octanol–water partition coefficient (Wildman–Crippen LogP) is 3.49. The molecule has 2 amide bonds. The minimum atomic E-state index is -0.0329. The third-order valence-electron chi connectivity index (χ3n) is 4.53. The molecule has 0 heterocycles. The highest BCUT2D eigenvalue weighted by Crippen LogP contribution is 2.30. The Kier molecular flexibility index (Phi) is 4.76. The highest BCUT2D eigenvalue weighted by Gasteiger charge is 2.29. The van der Waals surface area contributed by atoms with Gasteiger partial charge < -0.3 is 10.6 Å². The number of benzene rings is 1. The van der Waals surface area contributed by atoms with Gasteiger partial charge in [0.15, 0.2) is 0 Å². The average Bonchev–Trinajstić information content (AvgIpc) is 3.35. The lowest BCUT2D eigenvalue weighted by Gasteiger charge is -2.16. The third-order valence-corrected chi connectivity index (χ3v) is 4.53. The van der Waals surface area contributed by atoms with Crippen LogP contribution in [0.1, 0.15) is 61.7 Å². The van der Waals surface area contributed by atoms with Gasteiger partial charge in [-0.1, -0.05) is 31.7 Å². The number of anilines is 1. The molecule has 0 atom stereocenters. The fraction of sp³-hybridized carbons (Fsp3) is 0.556. The smallest absolute Gasteiger partial charge is 0.251 e. The summed E-state index contributed by atoms with van der Waals surface area (Å²) < 4.78 is 0. The second kappa shape index (κ2) is 6.95. The first-order valence-electron chi connectivity index (χ1n) is 8.44. The van der Waals surface area contributed by atoms with E-state index in [1.807, 2.05) is 12.1 Å². The maximum Gasteiger partial charge on any atom is 0.251 e. The minimum Gasteiger partial charge on any atom is -0.349 e. The van der Waals surface area contributed by atoms with Crippen LogP contribution in [0.5, 0.6) is 0 Å². The van der Waals surface area contributed by atoms with Crippen LogP contribution < -0.4 is 10.6 Å². The lowest BCUT2D eigenvalue weighted by molar-refractivity contribution is -0.117. The Labute approximate surface area is 131 Å². The summed E-state index contributed by atoms with van der Waals surface area (Å²) in [5.41, 5.74) is 1.34. The first kappa shape index (κ1) is 15.1. The average molecular weight is 300 g/mol. The van der Waals surface area contributed by atoms with E-state index in [1.54, 1.807) is 12.1 Å².